The molecule has 0 unspecified atom stereocenters. The number of carboxylic acid groups (broad SMARTS) is 1. The van der Waals surface area contributed by atoms with Crippen LogP contribution in [0.3, 0.4) is 0 Å². The first-order valence-corrected chi connectivity index (χ1v) is 12.7. The number of likely N-dealkylation sites (tertiary alicyclic amines) is 2. The van der Waals surface area contributed by atoms with E-state index in [2.05, 4.69) is 47.1 Å². The van der Waals surface area contributed by atoms with E-state index in [0.29, 0.717) is 16.8 Å². The summed E-state index contributed by atoms with van der Waals surface area (Å²) >= 11 is 0. The fraction of sp³-hybridized carbons (Fsp3) is 0.577. The zero-order valence-electron chi connectivity index (χ0n) is 21.6. The van der Waals surface area contributed by atoms with Gasteiger partial charge >= 0.3 is 12.1 Å². The lowest BCUT2D eigenvalue weighted by atomic mass is 9.71. The molecule has 38 heavy (non-hydrogen) atoms. The minimum atomic E-state index is -5.08. The standard InChI is InChI=1S/C24H33N5O2.C2HF3O2/c1-23(2)14-17-4-3-5-18(20(17)31-23)16-28-10-6-24(7-11-28)8-12-29(13-9-24)22(30)19-15-26-27-21(19)25;3-2(4,5)1(6)7/h3-5,15H,6-14,16H2,1-2H3,(H3,25,26,27);(H,6,7). The van der Waals surface area contributed by atoms with Crippen molar-refractivity contribution >= 4 is 17.7 Å². The molecular weight excluding hydrogens is 503 g/mol. The Morgan fingerprint density at radius 3 is 2.29 bits per heavy atom. The maximum Gasteiger partial charge on any atom is 0.490 e. The predicted octanol–water partition coefficient (Wildman–Crippen LogP) is 3.86. The first-order valence-electron chi connectivity index (χ1n) is 12.7. The van der Waals surface area contributed by atoms with Crippen LogP contribution >= 0.6 is 0 Å². The molecule has 2 saturated heterocycles. The van der Waals surface area contributed by atoms with E-state index in [0.717, 1.165) is 57.7 Å². The van der Waals surface area contributed by atoms with Crippen LogP contribution in [-0.2, 0) is 17.8 Å². The molecular formula is C26H34F3N5O4. The molecule has 0 bridgehead atoms. The number of nitrogens with two attached hydrogens (primary N) is 1. The largest absolute Gasteiger partial charge is 0.490 e. The smallest absolute Gasteiger partial charge is 0.487 e. The van der Waals surface area contributed by atoms with E-state index in [1.165, 1.54) is 30.2 Å². The lowest BCUT2D eigenvalue weighted by molar-refractivity contribution is -0.192. The number of fused-ring (bicyclic) bond motifs is 1. The van der Waals surface area contributed by atoms with Crippen LogP contribution < -0.4 is 10.5 Å². The zero-order valence-corrected chi connectivity index (χ0v) is 21.6. The van der Waals surface area contributed by atoms with Gasteiger partial charge in [-0.25, -0.2) is 4.79 Å². The third-order valence-electron chi connectivity index (χ3n) is 7.74. The molecule has 2 fully saturated rings. The first-order chi connectivity index (χ1) is 17.8. The topological polar surface area (TPSA) is 125 Å². The first kappa shape index (κ1) is 27.7. The molecule has 1 spiro atoms. The average molecular weight is 538 g/mol. The number of nitrogens with one attached hydrogen (secondary N) is 1. The van der Waals surface area contributed by atoms with Gasteiger partial charge in [0.1, 0.15) is 22.7 Å². The van der Waals surface area contributed by atoms with Crippen molar-refractivity contribution in [3.8, 4) is 5.75 Å². The van der Waals surface area contributed by atoms with Gasteiger partial charge in [-0.05, 0) is 63.6 Å². The van der Waals surface area contributed by atoms with Crippen LogP contribution in [-0.4, -0.2) is 74.9 Å². The summed E-state index contributed by atoms with van der Waals surface area (Å²) in [5.41, 5.74) is 9.25. The van der Waals surface area contributed by atoms with Crippen LogP contribution in [0.5, 0.6) is 5.75 Å². The van der Waals surface area contributed by atoms with Crippen molar-refractivity contribution in [2.24, 2.45) is 5.41 Å². The van der Waals surface area contributed by atoms with Gasteiger partial charge < -0.3 is 20.5 Å². The highest BCUT2D eigenvalue weighted by atomic mass is 19.4. The van der Waals surface area contributed by atoms with Crippen molar-refractivity contribution in [3.63, 3.8) is 0 Å². The Labute approximate surface area is 219 Å². The van der Waals surface area contributed by atoms with Crippen molar-refractivity contribution in [2.75, 3.05) is 31.9 Å². The van der Waals surface area contributed by atoms with Gasteiger partial charge in [-0.2, -0.15) is 18.3 Å². The molecule has 4 heterocycles. The number of carbonyl (C=O) groups is 2. The average Bonchev–Trinajstić information content (AvgIpc) is 3.42. The Bertz CT molecular complexity index is 1160. The molecule has 1 amide bonds. The molecule has 0 radical (unpaired) electrons. The predicted molar refractivity (Wildman–Crippen MR) is 134 cm³/mol. The molecule has 1 aromatic carbocycles. The number of amides is 1. The fourth-order valence-electron chi connectivity index (χ4n) is 5.55. The van der Waals surface area contributed by atoms with E-state index in [1.807, 2.05) is 4.90 Å². The third-order valence-corrected chi connectivity index (χ3v) is 7.74. The molecule has 3 aliphatic heterocycles. The molecule has 1 aromatic heterocycles. The number of carboxylic acids is 1. The molecule has 5 rings (SSSR count). The zero-order chi connectivity index (χ0) is 27.7. The Kier molecular flexibility index (Phi) is 7.64. The molecule has 0 saturated carbocycles. The van der Waals surface area contributed by atoms with Crippen molar-refractivity contribution in [1.29, 1.82) is 0 Å². The van der Waals surface area contributed by atoms with Crippen LogP contribution in [0.4, 0.5) is 19.0 Å². The minimum Gasteiger partial charge on any atom is -0.487 e. The fourth-order valence-corrected chi connectivity index (χ4v) is 5.55. The van der Waals surface area contributed by atoms with E-state index in [-0.39, 0.29) is 11.5 Å². The van der Waals surface area contributed by atoms with Gasteiger partial charge in [-0.3, -0.25) is 14.8 Å². The van der Waals surface area contributed by atoms with Crippen LogP contribution in [0, 0.1) is 5.41 Å². The second kappa shape index (κ2) is 10.5. The van der Waals surface area contributed by atoms with Gasteiger partial charge in [-0.15, -0.1) is 0 Å². The van der Waals surface area contributed by atoms with Gasteiger partial charge in [-0.1, -0.05) is 18.2 Å². The van der Waals surface area contributed by atoms with Crippen LogP contribution in [0.1, 0.15) is 61.0 Å². The molecule has 12 heteroatoms. The molecule has 208 valence electrons. The Hall–Kier alpha value is -3.28. The van der Waals surface area contributed by atoms with Gasteiger partial charge in [0.15, 0.2) is 0 Å². The van der Waals surface area contributed by atoms with Crippen molar-refractivity contribution in [1.82, 2.24) is 20.0 Å². The monoisotopic (exact) mass is 537 g/mol. The molecule has 4 N–H and O–H groups in total. The van der Waals surface area contributed by atoms with Crippen molar-refractivity contribution in [2.45, 2.75) is 64.3 Å². The number of para-hydroxylation sites is 1. The van der Waals surface area contributed by atoms with E-state index in [9.17, 15) is 18.0 Å². The van der Waals surface area contributed by atoms with E-state index >= 15 is 0 Å². The molecule has 3 aliphatic rings. The molecule has 2 aromatic rings. The van der Waals surface area contributed by atoms with Crippen molar-refractivity contribution < 1.29 is 32.6 Å². The summed E-state index contributed by atoms with van der Waals surface area (Å²) in [7, 11) is 0. The normalized spacial score (nSPS) is 20.3. The number of benzene rings is 1. The summed E-state index contributed by atoms with van der Waals surface area (Å²) in [6.45, 7) is 9.11. The van der Waals surface area contributed by atoms with E-state index in [1.54, 1.807) is 0 Å². The minimum absolute atomic E-state index is 0.000562. The van der Waals surface area contributed by atoms with Crippen LogP contribution in [0.25, 0.3) is 0 Å². The third kappa shape index (κ3) is 6.23. The highest BCUT2D eigenvalue weighted by Crippen LogP contribution is 2.43. The Morgan fingerprint density at radius 2 is 1.74 bits per heavy atom. The number of alkyl halides is 3. The van der Waals surface area contributed by atoms with E-state index < -0.39 is 12.1 Å². The number of aliphatic carboxylic acids is 1. The number of hydrogen-bond acceptors (Lipinski definition) is 6. The highest BCUT2D eigenvalue weighted by Gasteiger charge is 2.40. The maximum atomic E-state index is 12.7. The SMILES string of the molecule is CC1(C)Cc2cccc(CN3CCC4(CC3)CCN(C(=O)c3cn[nH]c3N)CC4)c2O1.O=C(O)C(F)(F)F. The highest BCUT2D eigenvalue weighted by molar-refractivity contribution is 5.98. The van der Waals surface area contributed by atoms with Crippen LogP contribution in [0.15, 0.2) is 24.4 Å². The Balaban J connectivity index is 0.000000426. The number of piperidine rings is 2. The number of carbonyl (C=O) groups excluding carboxylic acids is 1. The summed E-state index contributed by atoms with van der Waals surface area (Å²) in [5.74, 6) is -1.29. The number of H-pyrrole nitrogens is 1. The number of nitrogen functional groups attached to an aromatic ring is 1. The van der Waals surface area contributed by atoms with Gasteiger partial charge in [0.2, 0.25) is 0 Å². The lowest BCUT2D eigenvalue weighted by Gasteiger charge is -2.47. The number of nitrogens with zero attached hydrogens (tertiary/aromatic N) is 3. The number of hydrogen-bond donors (Lipinski definition) is 3. The summed E-state index contributed by atoms with van der Waals surface area (Å²) in [5, 5.41) is 13.7. The Morgan fingerprint density at radius 1 is 1.13 bits per heavy atom. The molecule has 0 aliphatic carbocycles. The van der Waals surface area contributed by atoms with Gasteiger partial charge in [0.25, 0.3) is 5.91 Å². The van der Waals surface area contributed by atoms with Crippen molar-refractivity contribution in [3.05, 3.63) is 41.1 Å². The van der Waals surface area contributed by atoms with Crippen LogP contribution in [0.2, 0.25) is 0 Å². The second-order valence-corrected chi connectivity index (χ2v) is 11.0. The number of halogens is 3. The number of ether oxygens (including phenoxy) is 1. The molecule has 9 nitrogen and oxygen atoms in total. The van der Waals surface area contributed by atoms with Gasteiger partial charge in [0, 0.05) is 31.6 Å². The van der Waals surface area contributed by atoms with E-state index in [4.69, 9.17) is 20.4 Å². The quantitative estimate of drug-likeness (QED) is 0.543. The second-order valence-electron chi connectivity index (χ2n) is 11.0. The maximum absolute atomic E-state index is 12.7. The summed E-state index contributed by atoms with van der Waals surface area (Å²) < 4.78 is 38.0. The summed E-state index contributed by atoms with van der Waals surface area (Å²) in [6.07, 6.45) is 1.98. The number of aromatic amines is 1. The van der Waals surface area contributed by atoms with Gasteiger partial charge in [0.05, 0.1) is 6.20 Å². The summed E-state index contributed by atoms with van der Waals surface area (Å²) in [6, 6.07) is 6.59. The molecule has 0 atom stereocenters. The number of anilines is 1. The number of aromatic nitrogens is 2. The lowest BCUT2D eigenvalue weighted by Crippen LogP contribution is -2.48. The number of rotatable bonds is 3. The summed E-state index contributed by atoms with van der Waals surface area (Å²) in [4.78, 5) is 26.1.